The number of amides is 2. The highest BCUT2D eigenvalue weighted by Gasteiger charge is 2.32. The molecule has 0 bridgehead atoms. The van der Waals surface area contributed by atoms with Crippen molar-refractivity contribution in [3.05, 3.63) is 42.1 Å². The Hall–Kier alpha value is -3.07. The number of ether oxygens (including phenoxy) is 1. The summed E-state index contributed by atoms with van der Waals surface area (Å²) in [5.74, 6) is -1.99. The fourth-order valence-corrected chi connectivity index (χ4v) is 3.75. The lowest BCUT2D eigenvalue weighted by atomic mass is 9.84. The number of hydrogen-bond acceptors (Lipinski definition) is 5. The molecule has 1 aliphatic carbocycles. The Labute approximate surface area is 185 Å². The van der Waals surface area contributed by atoms with Gasteiger partial charge in [0.15, 0.2) is 0 Å². The number of benzene rings is 1. The first-order valence-electron chi connectivity index (χ1n) is 10.4. The molecule has 1 fully saturated rings. The molecule has 0 spiro atoms. The van der Waals surface area contributed by atoms with Gasteiger partial charge in [-0.25, -0.2) is 13.8 Å². The van der Waals surface area contributed by atoms with Crippen LogP contribution in [0.25, 0.3) is 11.1 Å². The average molecular weight is 447 g/mol. The van der Waals surface area contributed by atoms with Gasteiger partial charge in [-0.1, -0.05) is 6.42 Å². The molecule has 0 saturated heterocycles. The number of nitrogens with one attached hydrogen (secondary N) is 2. The Balaban J connectivity index is 1.73. The average Bonchev–Trinajstić information content (AvgIpc) is 2.74. The summed E-state index contributed by atoms with van der Waals surface area (Å²) in [6, 6.07) is 4.89. The summed E-state index contributed by atoms with van der Waals surface area (Å²) in [6.45, 7) is 2.81. The highest BCUT2D eigenvalue weighted by atomic mass is 19.1. The topological polar surface area (TPSA) is 101 Å². The molecule has 172 valence electrons. The van der Waals surface area contributed by atoms with Crippen molar-refractivity contribution in [2.24, 2.45) is 5.92 Å². The predicted octanol–water partition coefficient (Wildman–Crippen LogP) is 3.42. The third-order valence-corrected chi connectivity index (χ3v) is 5.50. The van der Waals surface area contributed by atoms with Gasteiger partial charge in [0.2, 0.25) is 5.91 Å². The summed E-state index contributed by atoms with van der Waals surface area (Å²) in [5.41, 5.74) is -1.05. The molecule has 1 aromatic carbocycles. The Kier molecular flexibility index (Phi) is 7.08. The van der Waals surface area contributed by atoms with E-state index in [4.69, 9.17) is 4.74 Å². The second-order valence-electron chi connectivity index (χ2n) is 8.48. The maximum Gasteiger partial charge on any atom is 0.251 e. The number of carbonyl (C=O) groups is 2. The van der Waals surface area contributed by atoms with Gasteiger partial charge >= 0.3 is 0 Å². The minimum absolute atomic E-state index is 0.117. The number of hydrogen-bond donors (Lipinski definition) is 3. The number of anilines is 1. The molecule has 1 saturated carbocycles. The van der Waals surface area contributed by atoms with Crippen molar-refractivity contribution in [3.8, 4) is 16.9 Å². The van der Waals surface area contributed by atoms with Gasteiger partial charge in [0.05, 0.1) is 13.3 Å². The van der Waals surface area contributed by atoms with Crippen LogP contribution < -0.4 is 15.4 Å². The van der Waals surface area contributed by atoms with Crippen molar-refractivity contribution < 1.29 is 28.2 Å². The number of pyridine rings is 1. The van der Waals surface area contributed by atoms with Gasteiger partial charge in [0.25, 0.3) is 5.91 Å². The molecule has 0 aliphatic heterocycles. The van der Waals surface area contributed by atoms with Crippen LogP contribution in [0, 0.1) is 17.6 Å². The number of methoxy groups -OCH3 is 1. The molecule has 0 unspecified atom stereocenters. The van der Waals surface area contributed by atoms with Crippen molar-refractivity contribution in [2.45, 2.75) is 51.2 Å². The fraction of sp³-hybridized carbons (Fsp3) is 0.435. The van der Waals surface area contributed by atoms with E-state index in [9.17, 15) is 23.5 Å². The number of aromatic nitrogens is 1. The second kappa shape index (κ2) is 9.60. The summed E-state index contributed by atoms with van der Waals surface area (Å²) in [6.07, 6.45) is 3.51. The van der Waals surface area contributed by atoms with Crippen LogP contribution in [-0.4, -0.2) is 40.7 Å². The molecule has 2 amide bonds. The SMILES string of the molecule is COc1cc(F)ccc1-c1cc(NC(=O)[C@H]2CCC[C@@H](NC(=O)C(C)(C)O)C2)ncc1F. The molecule has 7 nitrogen and oxygen atoms in total. The van der Waals surface area contributed by atoms with Gasteiger partial charge in [-0.3, -0.25) is 9.59 Å². The van der Waals surface area contributed by atoms with Gasteiger partial charge in [0, 0.05) is 29.2 Å². The Morgan fingerprint density at radius 3 is 2.62 bits per heavy atom. The van der Waals surface area contributed by atoms with Crippen LogP contribution in [0.5, 0.6) is 5.75 Å². The van der Waals surface area contributed by atoms with Crippen LogP contribution in [0.3, 0.4) is 0 Å². The lowest BCUT2D eigenvalue weighted by Crippen LogP contribution is -2.48. The summed E-state index contributed by atoms with van der Waals surface area (Å²) < 4.78 is 33.1. The van der Waals surface area contributed by atoms with Crippen LogP contribution in [0.1, 0.15) is 39.5 Å². The highest BCUT2D eigenvalue weighted by Crippen LogP contribution is 2.33. The van der Waals surface area contributed by atoms with Gasteiger partial charge in [-0.15, -0.1) is 0 Å². The van der Waals surface area contributed by atoms with Crippen molar-refractivity contribution >= 4 is 17.6 Å². The first-order valence-corrected chi connectivity index (χ1v) is 10.4. The third kappa shape index (κ3) is 5.59. The van der Waals surface area contributed by atoms with E-state index < -0.39 is 23.1 Å². The van der Waals surface area contributed by atoms with Crippen LogP contribution in [0.4, 0.5) is 14.6 Å². The monoisotopic (exact) mass is 447 g/mol. The number of halogens is 2. The van der Waals surface area contributed by atoms with E-state index in [2.05, 4.69) is 15.6 Å². The molecule has 3 N–H and O–H groups in total. The highest BCUT2D eigenvalue weighted by molar-refractivity contribution is 5.92. The number of rotatable bonds is 6. The van der Waals surface area contributed by atoms with Gasteiger partial charge in [-0.05, 0) is 51.3 Å². The number of aliphatic hydroxyl groups is 1. The maximum atomic E-state index is 14.4. The number of carbonyl (C=O) groups excluding carboxylic acids is 2. The van der Waals surface area contributed by atoms with Crippen molar-refractivity contribution in [2.75, 3.05) is 12.4 Å². The molecule has 1 aromatic heterocycles. The first-order chi connectivity index (χ1) is 15.1. The van der Waals surface area contributed by atoms with E-state index in [1.54, 1.807) is 0 Å². The van der Waals surface area contributed by atoms with Crippen molar-refractivity contribution in [1.82, 2.24) is 10.3 Å². The quantitative estimate of drug-likeness (QED) is 0.630. The zero-order valence-corrected chi connectivity index (χ0v) is 18.2. The fourth-order valence-electron chi connectivity index (χ4n) is 3.75. The normalized spacial score (nSPS) is 18.7. The molecule has 0 radical (unpaired) electrons. The molecule has 1 aliphatic rings. The molecule has 9 heteroatoms. The van der Waals surface area contributed by atoms with Gasteiger partial charge < -0.3 is 20.5 Å². The molecule has 32 heavy (non-hydrogen) atoms. The molecule has 1 heterocycles. The lowest BCUT2D eigenvalue weighted by Gasteiger charge is -2.30. The van der Waals surface area contributed by atoms with Gasteiger partial charge in [-0.2, -0.15) is 0 Å². The van der Waals surface area contributed by atoms with Crippen molar-refractivity contribution in [3.63, 3.8) is 0 Å². The molecule has 3 rings (SSSR count). The maximum absolute atomic E-state index is 14.4. The van der Waals surface area contributed by atoms with Gasteiger partial charge in [0.1, 0.15) is 28.8 Å². The third-order valence-electron chi connectivity index (χ3n) is 5.50. The van der Waals surface area contributed by atoms with E-state index in [-0.39, 0.29) is 35.0 Å². The van der Waals surface area contributed by atoms with Crippen LogP contribution in [-0.2, 0) is 9.59 Å². The summed E-state index contributed by atoms with van der Waals surface area (Å²) >= 11 is 0. The minimum atomic E-state index is -1.49. The van der Waals surface area contributed by atoms with E-state index in [1.807, 2.05) is 0 Å². The van der Waals surface area contributed by atoms with E-state index in [0.717, 1.165) is 25.1 Å². The Morgan fingerprint density at radius 2 is 1.94 bits per heavy atom. The minimum Gasteiger partial charge on any atom is -0.496 e. The number of nitrogens with zero attached hydrogens (tertiary/aromatic N) is 1. The Morgan fingerprint density at radius 1 is 1.19 bits per heavy atom. The molecule has 2 atom stereocenters. The van der Waals surface area contributed by atoms with E-state index in [0.29, 0.717) is 18.4 Å². The van der Waals surface area contributed by atoms with Crippen LogP contribution in [0.2, 0.25) is 0 Å². The summed E-state index contributed by atoms with van der Waals surface area (Å²) in [5, 5.41) is 15.3. The summed E-state index contributed by atoms with van der Waals surface area (Å²) in [7, 11) is 1.36. The first kappa shape index (κ1) is 23.6. The smallest absolute Gasteiger partial charge is 0.251 e. The molecular weight excluding hydrogens is 420 g/mol. The van der Waals surface area contributed by atoms with Crippen molar-refractivity contribution in [1.29, 1.82) is 0 Å². The van der Waals surface area contributed by atoms with Crippen LogP contribution >= 0.6 is 0 Å². The second-order valence-corrected chi connectivity index (χ2v) is 8.48. The van der Waals surface area contributed by atoms with E-state index in [1.165, 1.54) is 39.2 Å². The largest absolute Gasteiger partial charge is 0.496 e. The summed E-state index contributed by atoms with van der Waals surface area (Å²) in [4.78, 5) is 28.8. The molecule has 2 aromatic rings. The van der Waals surface area contributed by atoms with Crippen LogP contribution in [0.15, 0.2) is 30.5 Å². The lowest BCUT2D eigenvalue weighted by molar-refractivity contribution is -0.137. The Bertz CT molecular complexity index is 1010. The van der Waals surface area contributed by atoms with E-state index >= 15 is 0 Å². The zero-order chi connectivity index (χ0) is 23.5. The molecular formula is C23H27F2N3O4. The standard InChI is InChI=1S/C23H27F2N3O4/c1-23(2,31)22(30)27-15-6-4-5-13(9-15)21(29)28-20-11-17(18(25)12-26-20)16-8-7-14(24)10-19(16)32-3/h7-8,10-13,15,31H,4-6,9H2,1-3H3,(H,27,30)(H,26,28,29)/t13-,15+/m0/s1. The zero-order valence-electron chi connectivity index (χ0n) is 18.2. The predicted molar refractivity (Wildman–Crippen MR) is 115 cm³/mol.